The first kappa shape index (κ1) is 19.4. The fraction of sp³-hybridized carbons (Fsp3) is 0.455. The lowest BCUT2D eigenvalue weighted by Gasteiger charge is -2.33. The van der Waals surface area contributed by atoms with Crippen molar-refractivity contribution < 1.29 is 4.79 Å². The number of aromatic nitrogens is 4. The first-order valence-corrected chi connectivity index (χ1v) is 10.3. The van der Waals surface area contributed by atoms with Gasteiger partial charge in [0.2, 0.25) is 5.91 Å². The van der Waals surface area contributed by atoms with Gasteiger partial charge in [0.25, 0.3) is 0 Å². The molecule has 0 spiro atoms. The maximum atomic E-state index is 12.6. The van der Waals surface area contributed by atoms with Gasteiger partial charge in [0.05, 0.1) is 28.4 Å². The van der Waals surface area contributed by atoms with Crippen LogP contribution in [0.2, 0.25) is 0 Å². The Labute approximate surface area is 171 Å². The molecule has 1 saturated heterocycles. The Morgan fingerprint density at radius 1 is 1.17 bits per heavy atom. The second kappa shape index (κ2) is 7.81. The molecule has 4 rings (SSSR count). The number of piperidine rings is 1. The van der Waals surface area contributed by atoms with E-state index in [0.717, 1.165) is 53.2 Å². The zero-order valence-electron chi connectivity index (χ0n) is 17.5. The molecule has 0 bridgehead atoms. The van der Waals surface area contributed by atoms with Crippen LogP contribution in [0.3, 0.4) is 0 Å². The van der Waals surface area contributed by atoms with E-state index in [1.165, 1.54) is 0 Å². The van der Waals surface area contributed by atoms with Crippen LogP contribution in [0.1, 0.15) is 38.1 Å². The third kappa shape index (κ3) is 3.69. The summed E-state index contributed by atoms with van der Waals surface area (Å²) in [5.74, 6) is 0.846. The van der Waals surface area contributed by atoms with E-state index in [2.05, 4.69) is 27.3 Å². The number of nitrogens with zero attached hydrogens (tertiary/aromatic N) is 5. The molecule has 3 heterocycles. The molecule has 1 atom stereocenters. The van der Waals surface area contributed by atoms with Gasteiger partial charge in [-0.2, -0.15) is 10.2 Å². The highest BCUT2D eigenvalue weighted by atomic mass is 16.2. The van der Waals surface area contributed by atoms with Crippen molar-refractivity contribution in [2.75, 3.05) is 18.0 Å². The average molecular weight is 393 g/mol. The topological polar surface area (TPSA) is 75.9 Å². The molecule has 1 unspecified atom stereocenters. The predicted molar refractivity (Wildman–Crippen MR) is 114 cm³/mol. The molecule has 0 radical (unpaired) electrons. The van der Waals surface area contributed by atoms with Crippen LogP contribution in [0.25, 0.3) is 16.6 Å². The summed E-state index contributed by atoms with van der Waals surface area (Å²) < 4.78 is 1.96. The number of para-hydroxylation sites is 1. The summed E-state index contributed by atoms with van der Waals surface area (Å²) in [6.07, 6.45) is 1.85. The van der Waals surface area contributed by atoms with Crippen molar-refractivity contribution in [1.82, 2.24) is 25.3 Å². The third-order valence-corrected chi connectivity index (χ3v) is 5.51. The van der Waals surface area contributed by atoms with E-state index in [9.17, 15) is 4.79 Å². The van der Waals surface area contributed by atoms with Crippen LogP contribution in [-0.4, -0.2) is 45.0 Å². The SMILES string of the molecule is Cc1nnc(N2CCCC(C(=O)NC(C)C)C2)c2nn(-c3ccccc3)c(C)c12. The Kier molecular flexibility index (Phi) is 5.22. The summed E-state index contributed by atoms with van der Waals surface area (Å²) in [6, 6.07) is 10.2. The number of nitrogens with one attached hydrogen (secondary N) is 1. The van der Waals surface area contributed by atoms with Gasteiger partial charge in [-0.1, -0.05) is 18.2 Å². The fourth-order valence-corrected chi connectivity index (χ4v) is 4.13. The molecule has 7 heteroatoms. The molecule has 0 saturated carbocycles. The van der Waals surface area contributed by atoms with Gasteiger partial charge in [0.1, 0.15) is 5.52 Å². The monoisotopic (exact) mass is 392 g/mol. The van der Waals surface area contributed by atoms with E-state index >= 15 is 0 Å². The Balaban J connectivity index is 1.73. The lowest BCUT2D eigenvalue weighted by Crippen LogP contribution is -2.45. The number of benzene rings is 1. The Morgan fingerprint density at radius 3 is 2.66 bits per heavy atom. The van der Waals surface area contributed by atoms with Gasteiger partial charge in [-0.15, -0.1) is 5.10 Å². The number of aryl methyl sites for hydroxylation is 2. The van der Waals surface area contributed by atoms with Crippen LogP contribution in [0.4, 0.5) is 5.82 Å². The summed E-state index contributed by atoms with van der Waals surface area (Å²) in [5, 5.41) is 17.9. The van der Waals surface area contributed by atoms with Crippen molar-refractivity contribution in [2.24, 2.45) is 5.92 Å². The number of hydrogen-bond acceptors (Lipinski definition) is 5. The third-order valence-electron chi connectivity index (χ3n) is 5.51. The Bertz CT molecular complexity index is 1030. The normalized spacial score (nSPS) is 17.1. The largest absolute Gasteiger partial charge is 0.354 e. The first-order chi connectivity index (χ1) is 14.0. The van der Waals surface area contributed by atoms with Gasteiger partial charge in [0, 0.05) is 19.1 Å². The van der Waals surface area contributed by atoms with Gasteiger partial charge in [-0.05, 0) is 52.7 Å². The molecule has 1 fully saturated rings. The van der Waals surface area contributed by atoms with Crippen LogP contribution in [0, 0.1) is 19.8 Å². The molecule has 3 aromatic rings. The number of rotatable bonds is 4. The molecule has 1 aromatic carbocycles. The fourth-order valence-electron chi connectivity index (χ4n) is 4.13. The smallest absolute Gasteiger partial charge is 0.225 e. The standard InChI is InChI=1S/C22H28N6O/c1-14(2)23-22(29)17-9-8-12-27(13-17)21-20-19(15(3)24-25-21)16(4)28(26-20)18-10-6-5-7-11-18/h5-7,10-11,14,17H,8-9,12-13H2,1-4H3,(H,23,29). The number of hydrogen-bond donors (Lipinski definition) is 1. The van der Waals surface area contributed by atoms with E-state index in [-0.39, 0.29) is 17.9 Å². The molecule has 1 N–H and O–H groups in total. The molecule has 7 nitrogen and oxygen atoms in total. The number of anilines is 1. The molecule has 1 aliphatic heterocycles. The molecule has 1 amide bonds. The van der Waals surface area contributed by atoms with Gasteiger partial charge in [-0.25, -0.2) is 4.68 Å². The zero-order valence-corrected chi connectivity index (χ0v) is 17.5. The average Bonchev–Trinajstić information content (AvgIpc) is 3.07. The zero-order chi connectivity index (χ0) is 20.5. The second-order valence-electron chi connectivity index (χ2n) is 8.11. The lowest BCUT2D eigenvalue weighted by molar-refractivity contribution is -0.125. The van der Waals surface area contributed by atoms with E-state index in [1.807, 2.05) is 55.8 Å². The maximum Gasteiger partial charge on any atom is 0.225 e. The van der Waals surface area contributed by atoms with Crippen LogP contribution in [0.15, 0.2) is 30.3 Å². The molecule has 0 aliphatic carbocycles. The molecule has 152 valence electrons. The van der Waals surface area contributed by atoms with Crippen molar-refractivity contribution >= 4 is 22.6 Å². The van der Waals surface area contributed by atoms with Crippen LogP contribution < -0.4 is 10.2 Å². The molecule has 1 aliphatic rings. The van der Waals surface area contributed by atoms with Gasteiger partial charge >= 0.3 is 0 Å². The lowest BCUT2D eigenvalue weighted by atomic mass is 9.96. The Morgan fingerprint density at radius 2 is 1.93 bits per heavy atom. The number of carbonyl (C=O) groups is 1. The molecule has 29 heavy (non-hydrogen) atoms. The number of fused-ring (bicyclic) bond motifs is 1. The summed E-state index contributed by atoms with van der Waals surface area (Å²) in [5.41, 5.74) is 3.78. The highest BCUT2D eigenvalue weighted by Gasteiger charge is 2.29. The van der Waals surface area contributed by atoms with Crippen molar-refractivity contribution in [1.29, 1.82) is 0 Å². The molecular formula is C22H28N6O. The number of carbonyl (C=O) groups excluding carboxylic acids is 1. The predicted octanol–water partition coefficient (Wildman–Crippen LogP) is 3.17. The van der Waals surface area contributed by atoms with E-state index in [1.54, 1.807) is 0 Å². The minimum atomic E-state index is -0.0402. The van der Waals surface area contributed by atoms with Gasteiger partial charge < -0.3 is 10.2 Å². The summed E-state index contributed by atoms with van der Waals surface area (Å²) >= 11 is 0. The molecule has 2 aromatic heterocycles. The van der Waals surface area contributed by atoms with Gasteiger partial charge in [0.15, 0.2) is 5.82 Å². The first-order valence-electron chi connectivity index (χ1n) is 10.3. The van der Waals surface area contributed by atoms with Crippen LogP contribution in [-0.2, 0) is 4.79 Å². The summed E-state index contributed by atoms with van der Waals surface area (Å²) in [4.78, 5) is 14.7. The number of amides is 1. The highest BCUT2D eigenvalue weighted by Crippen LogP contribution is 2.31. The van der Waals surface area contributed by atoms with Crippen molar-refractivity contribution in [2.45, 2.75) is 46.6 Å². The van der Waals surface area contributed by atoms with Crippen LogP contribution >= 0.6 is 0 Å². The summed E-state index contributed by atoms with van der Waals surface area (Å²) in [6.45, 7) is 9.52. The molecular weight excluding hydrogens is 364 g/mol. The van der Waals surface area contributed by atoms with Crippen molar-refractivity contribution in [3.05, 3.63) is 41.7 Å². The summed E-state index contributed by atoms with van der Waals surface area (Å²) in [7, 11) is 0. The highest BCUT2D eigenvalue weighted by molar-refractivity contribution is 5.92. The van der Waals surface area contributed by atoms with Crippen LogP contribution in [0.5, 0.6) is 0 Å². The second-order valence-corrected chi connectivity index (χ2v) is 8.11. The minimum absolute atomic E-state index is 0.0402. The van der Waals surface area contributed by atoms with E-state index < -0.39 is 0 Å². The van der Waals surface area contributed by atoms with E-state index in [0.29, 0.717) is 6.54 Å². The van der Waals surface area contributed by atoms with Crippen molar-refractivity contribution in [3.8, 4) is 5.69 Å². The van der Waals surface area contributed by atoms with Gasteiger partial charge in [-0.3, -0.25) is 4.79 Å². The minimum Gasteiger partial charge on any atom is -0.354 e. The van der Waals surface area contributed by atoms with E-state index in [4.69, 9.17) is 5.10 Å². The van der Waals surface area contributed by atoms with Crippen molar-refractivity contribution in [3.63, 3.8) is 0 Å². The Hall–Kier alpha value is -2.96. The maximum absolute atomic E-state index is 12.6. The quantitative estimate of drug-likeness (QED) is 0.738.